The molecule has 19 heavy (non-hydrogen) atoms. The van der Waals surface area contributed by atoms with Gasteiger partial charge in [0.15, 0.2) is 0 Å². The Morgan fingerprint density at radius 3 is 2.63 bits per heavy atom. The third kappa shape index (κ3) is 4.15. The third-order valence-corrected chi connectivity index (χ3v) is 3.79. The van der Waals surface area contributed by atoms with Gasteiger partial charge in [-0.1, -0.05) is 6.07 Å². The van der Waals surface area contributed by atoms with Crippen LogP contribution in [0.5, 0.6) is 0 Å². The van der Waals surface area contributed by atoms with Crippen LogP contribution >= 0.6 is 22.7 Å². The van der Waals surface area contributed by atoms with E-state index in [-0.39, 0.29) is 11.8 Å². The number of thiazole rings is 1. The van der Waals surface area contributed by atoms with Crippen LogP contribution in [0.1, 0.15) is 26.6 Å². The van der Waals surface area contributed by atoms with Gasteiger partial charge >= 0.3 is 0 Å². The lowest BCUT2D eigenvalue weighted by Crippen LogP contribution is -2.29. The highest BCUT2D eigenvalue weighted by Gasteiger charge is 2.07. The molecule has 2 amide bonds. The van der Waals surface area contributed by atoms with E-state index < -0.39 is 0 Å². The summed E-state index contributed by atoms with van der Waals surface area (Å²) in [6.45, 7) is 1.05. The van der Waals surface area contributed by atoms with Crippen molar-refractivity contribution in [2.75, 3.05) is 13.1 Å². The maximum absolute atomic E-state index is 11.6. The smallest absolute Gasteiger partial charge is 0.270 e. The van der Waals surface area contributed by atoms with Gasteiger partial charge in [-0.05, 0) is 17.9 Å². The summed E-state index contributed by atoms with van der Waals surface area (Å²) in [5.41, 5.74) is 2.06. The molecule has 2 aromatic heterocycles. The molecule has 0 saturated carbocycles. The highest BCUT2D eigenvalue weighted by atomic mass is 32.1. The van der Waals surface area contributed by atoms with Crippen molar-refractivity contribution < 1.29 is 9.59 Å². The van der Waals surface area contributed by atoms with Crippen LogP contribution in [0.3, 0.4) is 0 Å². The molecular formula is C12H13N3O2S2. The fraction of sp³-hybridized carbons (Fsp3) is 0.250. The molecule has 2 heterocycles. The van der Waals surface area contributed by atoms with Crippen LogP contribution in [0.4, 0.5) is 0 Å². The molecule has 0 unspecified atom stereocenters. The predicted octanol–water partition coefficient (Wildman–Crippen LogP) is 1.75. The first-order chi connectivity index (χ1) is 9.27. The van der Waals surface area contributed by atoms with Crippen molar-refractivity contribution in [3.8, 4) is 0 Å². The molecule has 2 rings (SSSR count). The summed E-state index contributed by atoms with van der Waals surface area (Å²) >= 11 is 2.80. The Bertz CT molecular complexity index is 475. The summed E-state index contributed by atoms with van der Waals surface area (Å²) in [6, 6.07) is 3.62. The van der Waals surface area contributed by atoms with Crippen molar-refractivity contribution in [3.63, 3.8) is 0 Å². The number of thiophene rings is 1. The van der Waals surface area contributed by atoms with Crippen molar-refractivity contribution in [1.82, 2.24) is 15.6 Å². The quantitative estimate of drug-likeness (QED) is 0.798. The van der Waals surface area contributed by atoms with E-state index in [1.54, 1.807) is 17.0 Å². The highest BCUT2D eigenvalue weighted by Crippen LogP contribution is 2.07. The number of amides is 2. The number of nitrogens with one attached hydrogen (secondary N) is 2. The molecule has 0 aromatic carbocycles. The van der Waals surface area contributed by atoms with Gasteiger partial charge in [0, 0.05) is 18.5 Å². The van der Waals surface area contributed by atoms with Crippen molar-refractivity contribution in [2.24, 2.45) is 0 Å². The molecule has 0 radical (unpaired) electrons. The van der Waals surface area contributed by atoms with Gasteiger partial charge in [0.05, 0.1) is 10.4 Å². The van der Waals surface area contributed by atoms with Crippen LogP contribution in [-0.4, -0.2) is 29.9 Å². The number of aromatic nitrogens is 1. The molecular weight excluding hydrogens is 282 g/mol. The van der Waals surface area contributed by atoms with E-state index in [1.807, 2.05) is 11.4 Å². The van der Waals surface area contributed by atoms with Crippen molar-refractivity contribution in [1.29, 1.82) is 0 Å². The first-order valence-corrected chi connectivity index (χ1v) is 7.57. The normalized spacial score (nSPS) is 10.1. The standard InChI is InChI=1S/C12H13N3O2S2/c16-11(9-7-18-8-15-9)13-4-2-5-14-12(17)10-3-1-6-19-10/h1,3,6-8H,2,4-5H2,(H,13,16)(H,14,17). The lowest BCUT2D eigenvalue weighted by molar-refractivity contribution is 0.0949. The summed E-state index contributed by atoms with van der Waals surface area (Å²) < 4.78 is 0. The first-order valence-electron chi connectivity index (χ1n) is 5.75. The Morgan fingerprint density at radius 1 is 1.21 bits per heavy atom. The topological polar surface area (TPSA) is 71.1 Å². The Kier molecular flexibility index (Phi) is 5.05. The Hall–Kier alpha value is -1.73. The molecule has 0 atom stereocenters. The predicted molar refractivity (Wildman–Crippen MR) is 75.7 cm³/mol. The van der Waals surface area contributed by atoms with E-state index in [1.165, 1.54) is 22.7 Å². The lowest BCUT2D eigenvalue weighted by atomic mass is 10.3. The molecule has 0 saturated heterocycles. The summed E-state index contributed by atoms with van der Waals surface area (Å²) in [5, 5.41) is 9.12. The van der Waals surface area contributed by atoms with E-state index >= 15 is 0 Å². The molecule has 0 aliphatic rings. The minimum Gasteiger partial charge on any atom is -0.351 e. The van der Waals surface area contributed by atoms with Crippen LogP contribution in [0.2, 0.25) is 0 Å². The van der Waals surface area contributed by atoms with Gasteiger partial charge in [0.1, 0.15) is 5.69 Å². The number of hydrogen-bond acceptors (Lipinski definition) is 5. The van der Waals surface area contributed by atoms with Crippen LogP contribution in [-0.2, 0) is 0 Å². The number of carbonyl (C=O) groups excluding carboxylic acids is 2. The van der Waals surface area contributed by atoms with Gasteiger partial charge in [-0.15, -0.1) is 22.7 Å². The maximum atomic E-state index is 11.6. The number of nitrogens with zero attached hydrogens (tertiary/aromatic N) is 1. The molecule has 0 aliphatic heterocycles. The summed E-state index contributed by atoms with van der Waals surface area (Å²) in [4.78, 5) is 27.7. The van der Waals surface area contributed by atoms with Gasteiger partial charge in [0.2, 0.25) is 0 Å². The summed E-state index contributed by atoms with van der Waals surface area (Å²) in [5.74, 6) is -0.244. The molecule has 100 valence electrons. The highest BCUT2D eigenvalue weighted by molar-refractivity contribution is 7.12. The molecule has 2 N–H and O–H groups in total. The third-order valence-electron chi connectivity index (χ3n) is 2.33. The maximum Gasteiger partial charge on any atom is 0.270 e. The van der Waals surface area contributed by atoms with Gasteiger partial charge < -0.3 is 10.6 Å². The Balaban J connectivity index is 1.60. The second kappa shape index (κ2) is 7.01. The molecule has 0 fully saturated rings. The van der Waals surface area contributed by atoms with Crippen LogP contribution < -0.4 is 10.6 Å². The molecule has 0 aliphatic carbocycles. The van der Waals surface area contributed by atoms with Gasteiger partial charge in [-0.3, -0.25) is 9.59 Å². The molecule has 2 aromatic rings. The monoisotopic (exact) mass is 295 g/mol. The Morgan fingerprint density at radius 2 is 2.00 bits per heavy atom. The van der Waals surface area contributed by atoms with Crippen molar-refractivity contribution in [2.45, 2.75) is 6.42 Å². The van der Waals surface area contributed by atoms with E-state index in [0.717, 1.165) is 0 Å². The fourth-order valence-corrected chi connectivity index (χ4v) is 2.57. The molecule has 7 heteroatoms. The summed E-state index contributed by atoms with van der Waals surface area (Å²) in [6.07, 6.45) is 0.687. The first kappa shape index (κ1) is 13.7. The number of rotatable bonds is 6. The van der Waals surface area contributed by atoms with Gasteiger partial charge in [0.25, 0.3) is 11.8 Å². The van der Waals surface area contributed by atoms with Crippen LogP contribution in [0, 0.1) is 0 Å². The molecule has 0 spiro atoms. The lowest BCUT2D eigenvalue weighted by Gasteiger charge is -2.04. The zero-order valence-corrected chi connectivity index (χ0v) is 11.7. The zero-order chi connectivity index (χ0) is 13.5. The SMILES string of the molecule is O=C(NCCCNC(=O)c1cccs1)c1cscn1. The van der Waals surface area contributed by atoms with Crippen molar-refractivity contribution >= 4 is 34.5 Å². The van der Waals surface area contributed by atoms with E-state index in [9.17, 15) is 9.59 Å². The van der Waals surface area contributed by atoms with E-state index in [0.29, 0.717) is 30.1 Å². The summed E-state index contributed by atoms with van der Waals surface area (Å²) in [7, 11) is 0. The number of carbonyl (C=O) groups is 2. The Labute approximate surface area is 118 Å². The average Bonchev–Trinajstić information content (AvgIpc) is 3.10. The van der Waals surface area contributed by atoms with Crippen molar-refractivity contribution in [3.05, 3.63) is 39.0 Å². The molecule has 5 nitrogen and oxygen atoms in total. The van der Waals surface area contributed by atoms with E-state index in [4.69, 9.17) is 0 Å². The van der Waals surface area contributed by atoms with E-state index in [2.05, 4.69) is 15.6 Å². The second-order valence-corrected chi connectivity index (χ2v) is 5.38. The van der Waals surface area contributed by atoms with Gasteiger partial charge in [-0.2, -0.15) is 0 Å². The largest absolute Gasteiger partial charge is 0.351 e. The average molecular weight is 295 g/mol. The van der Waals surface area contributed by atoms with Crippen LogP contribution in [0.25, 0.3) is 0 Å². The minimum atomic E-state index is -0.175. The second-order valence-electron chi connectivity index (χ2n) is 3.72. The van der Waals surface area contributed by atoms with Gasteiger partial charge in [-0.25, -0.2) is 4.98 Å². The minimum absolute atomic E-state index is 0.0687. The number of hydrogen-bond donors (Lipinski definition) is 2. The fourth-order valence-electron chi connectivity index (χ4n) is 1.40. The van der Waals surface area contributed by atoms with Crippen LogP contribution in [0.15, 0.2) is 28.4 Å². The molecule has 0 bridgehead atoms. The zero-order valence-electron chi connectivity index (χ0n) is 10.1.